The second-order valence-electron chi connectivity index (χ2n) is 26.7. The zero-order valence-electron chi connectivity index (χ0n) is 56.2. The number of benzene rings is 6. The third kappa shape index (κ3) is 29.1. The lowest BCUT2D eigenvalue weighted by atomic mass is 9.80. The highest BCUT2D eigenvalue weighted by Crippen LogP contribution is 2.42. The van der Waals surface area contributed by atoms with Crippen LogP contribution in [0.15, 0.2) is 141 Å². The van der Waals surface area contributed by atoms with Gasteiger partial charge in [0.15, 0.2) is 11.6 Å². The summed E-state index contributed by atoms with van der Waals surface area (Å²) in [5, 5.41) is 14.2. The number of rotatable bonds is 24. The molecular weight excluding hydrogens is 1260 g/mol. The Kier molecular flexibility index (Phi) is 29.4. The predicted molar refractivity (Wildman–Crippen MR) is 360 cm³/mol. The normalized spacial score (nSPS) is 12.6. The van der Waals surface area contributed by atoms with E-state index >= 15 is 0 Å². The van der Waals surface area contributed by atoms with Gasteiger partial charge in [0.05, 0.1) is 153 Å². The Bertz CT molecular complexity index is 3360. The van der Waals surface area contributed by atoms with Crippen LogP contribution in [-0.4, -0.2) is 218 Å². The first-order valence-corrected chi connectivity index (χ1v) is 35.5. The van der Waals surface area contributed by atoms with E-state index in [1.807, 2.05) is 52.0 Å². The number of aryl methyl sites for hydroxylation is 4. The first-order valence-electron chi connectivity index (χ1n) is 29.9. The molecule has 0 radical (unpaired) electrons. The monoisotopic (exact) mass is 1350 g/mol. The molecule has 0 aliphatic heterocycles. The fourth-order valence-electron chi connectivity index (χ4n) is 8.91. The first kappa shape index (κ1) is 79.6. The number of carbonyl (C=O) groups excluding carboxylic acids is 2. The molecule has 7 rings (SSSR count). The molecule has 0 fully saturated rings. The molecule has 0 atom stereocenters. The second-order valence-corrected chi connectivity index (χ2v) is 32.2. The lowest BCUT2D eigenvalue weighted by molar-refractivity contribution is -0.870. The molecule has 26 heteroatoms. The summed E-state index contributed by atoms with van der Waals surface area (Å²) in [7, 11) is 9.12. The molecule has 0 saturated carbocycles. The summed E-state index contributed by atoms with van der Waals surface area (Å²) in [4.78, 5) is 28.9. The van der Waals surface area contributed by atoms with Crippen LogP contribution in [0.3, 0.4) is 0 Å². The highest BCUT2D eigenvalue weighted by molar-refractivity contribution is 7.86. The maximum absolute atomic E-state index is 14.8. The Balaban J connectivity index is 0.000000395. The molecule has 0 unspecified atom stereocenters. The van der Waals surface area contributed by atoms with E-state index in [0.717, 1.165) is 141 Å². The zero-order chi connectivity index (χ0) is 69.8. The molecule has 0 saturated heterocycles. The number of hydrogen-bond acceptors (Lipinski definition) is 18. The molecule has 0 spiro atoms. The van der Waals surface area contributed by atoms with Crippen molar-refractivity contribution in [2.45, 2.75) is 73.0 Å². The minimum Gasteiger partial charge on any atom is -0.744 e. The summed E-state index contributed by atoms with van der Waals surface area (Å²) in [6.45, 7) is 14.2. The Morgan fingerprint density at radius 2 is 0.435 bits per heavy atom. The van der Waals surface area contributed by atoms with Crippen molar-refractivity contribution in [3.8, 4) is 0 Å². The fraction of sp³-hybridized carbons (Fsp3) is 0.424. The van der Waals surface area contributed by atoms with Gasteiger partial charge in [-0.3, -0.25) is 9.59 Å². The molecule has 0 bridgehead atoms. The van der Waals surface area contributed by atoms with Crippen LogP contribution in [0.5, 0.6) is 0 Å². The lowest BCUT2D eigenvalue weighted by Gasteiger charge is -2.29. The first-order chi connectivity index (χ1) is 42.2. The second kappa shape index (κ2) is 34.0. The zero-order valence-corrected chi connectivity index (χ0v) is 59.4. The molecule has 0 heterocycles. The van der Waals surface area contributed by atoms with Crippen LogP contribution in [-0.2, 0) is 40.5 Å². The molecule has 0 aromatic heterocycles. The SMILES string of the molecule is C[N+](C)(C)CCCNc1ccc(NCCC[N+](C)(C)C)c2c1C(=O)c1c(NCCC[N+](C)(C)C)ccc(NCCC[N+](C)(C)C)c1C2=O.Cc1ccc(S(=O)(=O)[O-])cc1.Cc1ccc(S(=O)(=O)[O-])cc1.Cc1ccc(S(=O)(=O)[O-])cc1.Cc1ccc(S(=O)(=O)[O-])cc1. The summed E-state index contributed by atoms with van der Waals surface area (Å²) in [6.07, 6.45) is 3.79. The molecule has 22 nitrogen and oxygen atoms in total. The van der Waals surface area contributed by atoms with Crippen LogP contribution < -0.4 is 21.3 Å². The van der Waals surface area contributed by atoms with Crippen molar-refractivity contribution >= 4 is 74.8 Å². The molecule has 508 valence electrons. The number of fused-ring (bicyclic) bond motifs is 2. The van der Waals surface area contributed by atoms with Crippen molar-refractivity contribution in [1.29, 1.82) is 0 Å². The number of hydrogen-bond donors (Lipinski definition) is 4. The van der Waals surface area contributed by atoms with Crippen LogP contribution in [0.2, 0.25) is 0 Å². The van der Waals surface area contributed by atoms with E-state index in [2.05, 4.69) is 106 Å². The van der Waals surface area contributed by atoms with Crippen molar-refractivity contribution in [1.82, 2.24) is 0 Å². The van der Waals surface area contributed by atoms with E-state index in [1.54, 1.807) is 48.5 Å². The van der Waals surface area contributed by atoms with Crippen molar-refractivity contribution < 1.29 is 79.4 Å². The van der Waals surface area contributed by atoms with Gasteiger partial charge in [-0.1, -0.05) is 70.8 Å². The number of ketones is 2. The number of nitrogens with zero attached hydrogens (tertiary/aromatic N) is 4. The molecule has 92 heavy (non-hydrogen) atoms. The van der Waals surface area contributed by atoms with Crippen LogP contribution in [0, 0.1) is 27.7 Å². The third-order valence-corrected chi connectivity index (χ3v) is 17.2. The smallest absolute Gasteiger partial charge is 0.198 e. The van der Waals surface area contributed by atoms with Crippen molar-refractivity contribution in [3.05, 3.63) is 166 Å². The van der Waals surface area contributed by atoms with Gasteiger partial charge in [-0.15, -0.1) is 0 Å². The van der Waals surface area contributed by atoms with E-state index < -0.39 is 40.5 Å². The van der Waals surface area contributed by atoms with Crippen LogP contribution in [0.4, 0.5) is 22.7 Å². The van der Waals surface area contributed by atoms with Gasteiger partial charge in [-0.2, -0.15) is 0 Å². The third-order valence-electron chi connectivity index (χ3n) is 13.8. The van der Waals surface area contributed by atoms with E-state index in [0.29, 0.717) is 22.3 Å². The Morgan fingerprint density at radius 3 is 0.565 bits per heavy atom. The van der Waals surface area contributed by atoms with Gasteiger partial charge in [0, 0.05) is 74.6 Å². The largest absolute Gasteiger partial charge is 0.744 e. The molecule has 0 amide bonds. The topological polar surface area (TPSA) is 311 Å². The van der Waals surface area contributed by atoms with E-state index in [9.17, 15) is 61.5 Å². The number of quaternary nitrogens is 4. The van der Waals surface area contributed by atoms with Crippen LogP contribution in [0.25, 0.3) is 0 Å². The summed E-state index contributed by atoms with van der Waals surface area (Å²) >= 11 is 0. The van der Waals surface area contributed by atoms with Gasteiger partial charge in [0.1, 0.15) is 40.5 Å². The quantitative estimate of drug-likeness (QED) is 0.0252. The highest BCUT2D eigenvalue weighted by atomic mass is 32.2. The van der Waals surface area contributed by atoms with Gasteiger partial charge in [0.25, 0.3) is 0 Å². The van der Waals surface area contributed by atoms with Gasteiger partial charge in [-0.25, -0.2) is 33.7 Å². The Morgan fingerprint density at radius 1 is 0.283 bits per heavy atom. The number of nitrogens with one attached hydrogen (secondary N) is 4. The van der Waals surface area contributed by atoms with Crippen molar-refractivity contribution in [2.75, 3.05) is 158 Å². The molecule has 1 aliphatic carbocycles. The molecule has 4 N–H and O–H groups in total. The van der Waals surface area contributed by atoms with Gasteiger partial charge in [-0.05, 0) is 100 Å². The average molecular weight is 1350 g/mol. The van der Waals surface area contributed by atoms with Crippen LogP contribution >= 0.6 is 0 Å². The summed E-state index contributed by atoms with van der Waals surface area (Å²) in [5.74, 6) is -0.208. The Labute approximate surface area is 548 Å². The molecule has 6 aromatic carbocycles. The summed E-state index contributed by atoms with van der Waals surface area (Å²) in [6, 6.07) is 31.0. The molecule has 6 aromatic rings. The standard InChI is InChI=1S/C38H66N8O2.4C7H8O3S/c1-43(2,3)25-13-21-39-29-17-18-30(40-22-14-26-44(4,5)6)34-33(29)37(47)35-31(41-23-15-27-45(7,8)9)19-20-32(36(35)38(34)48)42-24-16-28-46(10,11)12;4*1-6-2-4-7(5-3-6)11(8,9)10/h17-20H,13-16,21-28H2,1-12H3,(H2-2,39,40,41,42,47,48);4*2-5H,1H3,(H,8,9,10)/q+2;;;;/p-2. The van der Waals surface area contributed by atoms with E-state index in [4.69, 9.17) is 0 Å². The predicted octanol–water partition coefficient (Wildman–Crippen LogP) is 8.09. The summed E-state index contributed by atoms with van der Waals surface area (Å²) < 4.78 is 128. The minimum absolute atomic E-state index is 0.104. The minimum atomic E-state index is -4.27. The number of carbonyl (C=O) groups is 2. The van der Waals surface area contributed by atoms with Gasteiger partial charge in [0.2, 0.25) is 0 Å². The number of anilines is 4. The maximum Gasteiger partial charge on any atom is 0.198 e. The lowest BCUT2D eigenvalue weighted by Crippen LogP contribution is -2.36. The molecule has 1 aliphatic rings. The van der Waals surface area contributed by atoms with Crippen LogP contribution in [0.1, 0.15) is 79.8 Å². The van der Waals surface area contributed by atoms with Gasteiger partial charge < -0.3 is 57.4 Å². The van der Waals surface area contributed by atoms with Crippen molar-refractivity contribution in [3.63, 3.8) is 0 Å². The van der Waals surface area contributed by atoms with Gasteiger partial charge >= 0.3 is 0 Å². The molecular formula is C66H96N8O14S4. The Hall–Kier alpha value is -6.66. The fourth-order valence-corrected chi connectivity index (χ4v) is 10.8. The highest BCUT2D eigenvalue weighted by Gasteiger charge is 2.38. The van der Waals surface area contributed by atoms with Crippen molar-refractivity contribution in [2.24, 2.45) is 0 Å². The van der Waals surface area contributed by atoms with E-state index in [-0.39, 0.29) is 31.1 Å². The maximum atomic E-state index is 14.8. The summed E-state index contributed by atoms with van der Waals surface area (Å²) in [5.41, 5.74) is 8.53. The average Bonchev–Trinajstić information content (AvgIpc) is 0.792. The van der Waals surface area contributed by atoms with E-state index in [1.165, 1.54) is 48.5 Å².